The van der Waals surface area contributed by atoms with Crippen molar-refractivity contribution in [1.29, 1.82) is 0 Å². The number of ketones is 1. The maximum absolute atomic E-state index is 14.4. The molecular formula is C46H56N8O8S. The topological polar surface area (TPSA) is 257 Å². The maximum atomic E-state index is 14.4. The molecule has 5 rings (SSSR count). The highest BCUT2D eigenvalue weighted by Crippen LogP contribution is 2.21. The third kappa shape index (κ3) is 14.3. The summed E-state index contributed by atoms with van der Waals surface area (Å²) in [6, 6.07) is 20.1. The largest absolute Gasteiger partial charge is 0.480 e. The van der Waals surface area contributed by atoms with Crippen molar-refractivity contribution >= 4 is 75.7 Å². The van der Waals surface area contributed by atoms with Crippen LogP contribution in [0.15, 0.2) is 91.3 Å². The maximum Gasteiger partial charge on any atom is 0.327 e. The zero-order chi connectivity index (χ0) is 45.1. The second kappa shape index (κ2) is 24.2. The number of aliphatic carboxylic acids is 1. The predicted molar refractivity (Wildman–Crippen MR) is 243 cm³/mol. The van der Waals surface area contributed by atoms with E-state index in [0.29, 0.717) is 24.1 Å². The Labute approximate surface area is 370 Å². The molecule has 10 N–H and O–H groups in total. The van der Waals surface area contributed by atoms with Crippen molar-refractivity contribution in [1.82, 2.24) is 36.6 Å². The van der Waals surface area contributed by atoms with Gasteiger partial charge in [0, 0.05) is 59.2 Å². The number of carboxylic acid groups (broad SMARTS) is 1. The highest BCUT2D eigenvalue weighted by molar-refractivity contribution is 7.80. The van der Waals surface area contributed by atoms with Gasteiger partial charge in [-0.15, -0.1) is 0 Å². The fourth-order valence-electron chi connectivity index (χ4n) is 7.34. The van der Waals surface area contributed by atoms with Crippen LogP contribution < -0.4 is 32.3 Å². The van der Waals surface area contributed by atoms with E-state index in [1.807, 2.05) is 78.9 Å². The Hall–Kier alpha value is -6.46. The first-order valence-electron chi connectivity index (χ1n) is 21.1. The van der Waals surface area contributed by atoms with Gasteiger partial charge in [0.2, 0.25) is 29.5 Å². The molecule has 16 nitrogen and oxygen atoms in total. The number of aromatic nitrogens is 2. The van der Waals surface area contributed by atoms with Crippen molar-refractivity contribution in [2.75, 3.05) is 25.4 Å². The molecule has 4 atom stereocenters. The van der Waals surface area contributed by atoms with Gasteiger partial charge in [0.25, 0.3) is 0 Å². The number of unbranched alkanes of at least 4 members (excludes halogenated alkanes) is 4. The number of para-hydroxylation sites is 2. The smallest absolute Gasteiger partial charge is 0.327 e. The van der Waals surface area contributed by atoms with Crippen molar-refractivity contribution in [3.63, 3.8) is 0 Å². The molecule has 3 aromatic carbocycles. The van der Waals surface area contributed by atoms with Crippen molar-refractivity contribution in [2.24, 2.45) is 11.7 Å². The lowest BCUT2D eigenvalue weighted by Crippen LogP contribution is -2.57. The molecule has 0 aliphatic heterocycles. The normalized spacial score (nSPS) is 13.0. The summed E-state index contributed by atoms with van der Waals surface area (Å²) in [6.45, 7) is -0.512. The first kappa shape index (κ1) is 47.6. The molecule has 334 valence electrons. The summed E-state index contributed by atoms with van der Waals surface area (Å²) in [5.41, 5.74) is 9.36. The van der Waals surface area contributed by atoms with E-state index < -0.39 is 72.6 Å². The van der Waals surface area contributed by atoms with Crippen molar-refractivity contribution in [3.05, 3.63) is 108 Å². The minimum Gasteiger partial charge on any atom is -0.480 e. The van der Waals surface area contributed by atoms with Crippen LogP contribution in [0.3, 0.4) is 0 Å². The predicted octanol–water partition coefficient (Wildman–Crippen LogP) is 2.86. The Bertz CT molecular complexity index is 2350. The first-order valence-corrected chi connectivity index (χ1v) is 21.8. The number of carbonyl (C=O) groups excluding carboxylic acids is 6. The Morgan fingerprint density at radius 3 is 1.67 bits per heavy atom. The van der Waals surface area contributed by atoms with E-state index in [2.05, 4.69) is 49.2 Å². The van der Waals surface area contributed by atoms with Crippen LogP contribution in [-0.2, 0) is 52.8 Å². The second-order valence-corrected chi connectivity index (χ2v) is 15.8. The van der Waals surface area contributed by atoms with Crippen LogP contribution in [0, 0.1) is 5.92 Å². The van der Waals surface area contributed by atoms with E-state index in [1.165, 1.54) is 0 Å². The first-order chi connectivity index (χ1) is 30.5. The minimum absolute atomic E-state index is 0.0138. The monoisotopic (exact) mass is 880 g/mol. The number of carbonyl (C=O) groups is 7. The number of rotatable bonds is 26. The number of hydrogen-bond donors (Lipinski definition) is 10. The number of hydrogen-bond acceptors (Lipinski definition) is 9. The van der Waals surface area contributed by atoms with Crippen LogP contribution in [0.4, 0.5) is 0 Å². The van der Waals surface area contributed by atoms with Crippen molar-refractivity contribution < 1.29 is 38.7 Å². The van der Waals surface area contributed by atoms with E-state index in [1.54, 1.807) is 12.4 Å². The number of carboxylic acids is 1. The Kier molecular flexibility index (Phi) is 18.3. The molecule has 0 saturated heterocycles. The zero-order valence-electron chi connectivity index (χ0n) is 35.0. The number of benzene rings is 3. The molecule has 5 amide bonds. The quantitative estimate of drug-likeness (QED) is 0.0222. The Balaban J connectivity index is 1.33. The fraction of sp³-hybridized carbons (Fsp3) is 0.370. The molecular weight excluding hydrogens is 825 g/mol. The molecule has 63 heavy (non-hydrogen) atoms. The molecule has 0 spiro atoms. The van der Waals surface area contributed by atoms with Crippen LogP contribution in [0.25, 0.3) is 21.8 Å². The standard InChI is InChI=1S/C46H56N8O8S/c47-20-12-3-1-2-7-19-40(55)34(21-29-13-5-4-6-14-29)43(58)50-26-41(56)52-38(23-31-25-49-36-18-11-9-16-33(31)36)45(60)54-37(22-30-24-48-35-17-10-8-15-32(30)35)44(59)51-27-42(57)53-39(28-63)46(61)62/h4-6,8-11,13-18,24-25,34,37-39,48-49,63H,1-3,7,12,19-23,26-28,47H2,(H,50,58)(H,51,59)(H,52,56)(H,53,57)(H,54,60)(H,61,62)/t34-,37+,38+,39+/m1/s1. The van der Waals surface area contributed by atoms with E-state index in [0.717, 1.165) is 53.1 Å². The molecule has 5 aromatic rings. The number of Topliss-reactive ketones (excluding diaryl/α,β-unsaturated/α-hetero) is 1. The molecule has 0 radical (unpaired) electrons. The molecule has 0 aliphatic carbocycles. The molecule has 0 unspecified atom stereocenters. The lowest BCUT2D eigenvalue weighted by atomic mass is 9.91. The van der Waals surface area contributed by atoms with Crippen LogP contribution >= 0.6 is 12.6 Å². The highest BCUT2D eigenvalue weighted by Gasteiger charge is 2.31. The van der Waals surface area contributed by atoms with Gasteiger partial charge in [0.05, 0.1) is 13.1 Å². The van der Waals surface area contributed by atoms with E-state index >= 15 is 0 Å². The van der Waals surface area contributed by atoms with E-state index in [9.17, 15) is 38.7 Å². The number of thiol groups is 1. The summed E-state index contributed by atoms with van der Waals surface area (Å²) in [4.78, 5) is 99.3. The van der Waals surface area contributed by atoms with Crippen LogP contribution in [-0.4, -0.2) is 99.9 Å². The number of nitrogens with one attached hydrogen (secondary N) is 7. The van der Waals surface area contributed by atoms with E-state index in [4.69, 9.17) is 5.73 Å². The molecule has 2 heterocycles. The zero-order valence-corrected chi connectivity index (χ0v) is 35.9. The summed E-state index contributed by atoms with van der Waals surface area (Å²) in [6.07, 6.45) is 8.04. The summed E-state index contributed by atoms with van der Waals surface area (Å²) in [5, 5.41) is 23.8. The number of H-pyrrole nitrogens is 2. The Morgan fingerprint density at radius 1 is 0.587 bits per heavy atom. The average molecular weight is 881 g/mol. The summed E-state index contributed by atoms with van der Waals surface area (Å²) < 4.78 is 0. The number of nitrogens with two attached hydrogens (primary N) is 1. The summed E-state index contributed by atoms with van der Waals surface area (Å²) >= 11 is 3.96. The molecule has 0 fully saturated rings. The van der Waals surface area contributed by atoms with Gasteiger partial charge in [-0.2, -0.15) is 12.6 Å². The van der Waals surface area contributed by atoms with Gasteiger partial charge in [0.15, 0.2) is 0 Å². The lowest BCUT2D eigenvalue weighted by molar-refractivity contribution is -0.141. The van der Waals surface area contributed by atoms with Crippen LogP contribution in [0.5, 0.6) is 0 Å². The third-order valence-electron chi connectivity index (χ3n) is 10.8. The van der Waals surface area contributed by atoms with E-state index in [-0.39, 0.29) is 37.2 Å². The third-order valence-corrected chi connectivity index (χ3v) is 11.1. The number of fused-ring (bicyclic) bond motifs is 2. The fourth-order valence-corrected chi connectivity index (χ4v) is 7.59. The van der Waals surface area contributed by atoms with Gasteiger partial charge in [0.1, 0.15) is 29.8 Å². The van der Waals surface area contributed by atoms with Gasteiger partial charge >= 0.3 is 5.97 Å². The molecule has 0 bridgehead atoms. The molecule has 17 heteroatoms. The highest BCUT2D eigenvalue weighted by atomic mass is 32.1. The molecule has 2 aromatic heterocycles. The second-order valence-electron chi connectivity index (χ2n) is 15.4. The van der Waals surface area contributed by atoms with Crippen molar-refractivity contribution in [3.8, 4) is 0 Å². The van der Waals surface area contributed by atoms with Crippen LogP contribution in [0.2, 0.25) is 0 Å². The van der Waals surface area contributed by atoms with Gasteiger partial charge in [-0.1, -0.05) is 86.0 Å². The molecule has 0 saturated carbocycles. The number of amides is 5. The van der Waals surface area contributed by atoms with Crippen molar-refractivity contribution in [2.45, 2.75) is 75.9 Å². The summed E-state index contributed by atoms with van der Waals surface area (Å²) in [7, 11) is 0. The van der Waals surface area contributed by atoms with Gasteiger partial charge in [-0.05, 0) is 54.6 Å². The summed E-state index contributed by atoms with van der Waals surface area (Å²) in [5.74, 6) is -6.30. The minimum atomic E-state index is -1.29. The number of aromatic amines is 2. The lowest BCUT2D eigenvalue weighted by Gasteiger charge is -2.24. The SMILES string of the molecule is NCCCCCCCC(=O)[C@@H](Cc1ccccc1)C(=O)NCC(=O)N[C@@H](Cc1c[nH]c2ccccc12)C(=O)N[C@@H](Cc1c[nH]c2ccccc12)C(=O)NCC(=O)N[C@@H](CS)C(=O)O. The van der Waals surface area contributed by atoms with Crippen LogP contribution in [0.1, 0.15) is 55.2 Å². The van der Waals surface area contributed by atoms with Gasteiger partial charge in [-0.3, -0.25) is 28.8 Å². The molecule has 0 aliphatic rings. The Morgan fingerprint density at radius 2 is 1.10 bits per heavy atom. The van der Waals surface area contributed by atoms with Gasteiger partial charge < -0.3 is 47.4 Å². The average Bonchev–Trinajstić information content (AvgIpc) is 3.90. The van der Waals surface area contributed by atoms with Gasteiger partial charge in [-0.25, -0.2) is 4.79 Å².